The summed E-state index contributed by atoms with van der Waals surface area (Å²) in [5, 5.41) is 16.6. The number of thioether (sulfide) groups is 1. The van der Waals surface area contributed by atoms with E-state index in [1.165, 1.54) is 23.9 Å². The molecule has 0 aliphatic carbocycles. The molecule has 3 aromatic rings. The summed E-state index contributed by atoms with van der Waals surface area (Å²) in [6, 6.07) is 10.3. The maximum atomic E-state index is 12.3. The average Bonchev–Trinajstić information content (AvgIpc) is 2.88. The van der Waals surface area contributed by atoms with Crippen LogP contribution in [0.3, 0.4) is 0 Å². The van der Waals surface area contributed by atoms with Gasteiger partial charge < -0.3 is 10.4 Å². The molecule has 1 aliphatic rings. The van der Waals surface area contributed by atoms with Crippen molar-refractivity contribution >= 4 is 29.5 Å². The first-order valence-corrected chi connectivity index (χ1v) is 9.34. The lowest BCUT2D eigenvalue weighted by atomic mass is 10.1. The third-order valence-electron chi connectivity index (χ3n) is 4.35. The summed E-state index contributed by atoms with van der Waals surface area (Å²) < 4.78 is 1.66. The van der Waals surface area contributed by atoms with Crippen molar-refractivity contribution in [2.75, 3.05) is 11.1 Å². The number of nitrogens with one attached hydrogen (secondary N) is 1. The molecule has 1 amide bonds. The number of rotatable bonds is 3. The summed E-state index contributed by atoms with van der Waals surface area (Å²) in [7, 11) is 0. The summed E-state index contributed by atoms with van der Waals surface area (Å²) in [6.07, 6.45) is 3.52. The van der Waals surface area contributed by atoms with Gasteiger partial charge in [0.15, 0.2) is 0 Å². The predicted molar refractivity (Wildman–Crippen MR) is 102 cm³/mol. The van der Waals surface area contributed by atoms with E-state index in [1.54, 1.807) is 29.2 Å². The number of nitrogens with zero attached hydrogens (tertiary/aromatic N) is 3. The van der Waals surface area contributed by atoms with Crippen molar-refractivity contribution in [3.05, 3.63) is 71.2 Å². The smallest absolute Gasteiger partial charge is 0.335 e. The number of carboxylic acid groups (broad SMARTS) is 1. The third kappa shape index (κ3) is 3.19. The Bertz CT molecular complexity index is 1020. The van der Waals surface area contributed by atoms with Crippen molar-refractivity contribution in [2.24, 2.45) is 0 Å². The minimum absolute atomic E-state index is 0.0697. The molecule has 1 atom stereocenters. The zero-order valence-electron chi connectivity index (χ0n) is 14.4. The Kier molecular flexibility index (Phi) is 4.41. The van der Waals surface area contributed by atoms with Gasteiger partial charge in [-0.2, -0.15) is 5.10 Å². The molecule has 0 spiro atoms. The number of aryl methyl sites for hydroxylation is 1. The lowest BCUT2D eigenvalue weighted by Gasteiger charge is -2.14. The van der Waals surface area contributed by atoms with Crippen LogP contribution in [-0.2, 0) is 4.79 Å². The quantitative estimate of drug-likeness (QED) is 0.725. The second-order valence-corrected chi connectivity index (χ2v) is 7.23. The fraction of sp³-hybridized carbons (Fsp3) is 0.158. The minimum atomic E-state index is -0.988. The number of pyridine rings is 1. The standard InChI is InChI=1S/C19H16N4O3S/c1-11-16-17(13-3-2-8-20-9-13)27-10-15(24)21-18(16)23(22-11)14-6-4-12(5-7-14)19(25)26/h2-9,17H,10H2,1H3,(H,21,24)(H,25,26)/t17-/m0/s1. The lowest BCUT2D eigenvalue weighted by molar-refractivity contribution is -0.113. The normalized spacial score (nSPS) is 16.3. The van der Waals surface area contributed by atoms with Gasteiger partial charge in [0.25, 0.3) is 0 Å². The maximum Gasteiger partial charge on any atom is 0.335 e. The Hall–Kier alpha value is -3.13. The highest BCUT2D eigenvalue weighted by Gasteiger charge is 2.30. The number of carbonyl (C=O) groups excluding carboxylic acids is 1. The Morgan fingerprint density at radius 2 is 2.07 bits per heavy atom. The van der Waals surface area contributed by atoms with Crippen molar-refractivity contribution in [1.82, 2.24) is 14.8 Å². The third-order valence-corrected chi connectivity index (χ3v) is 5.62. The van der Waals surface area contributed by atoms with Gasteiger partial charge in [0.1, 0.15) is 5.82 Å². The summed E-state index contributed by atoms with van der Waals surface area (Å²) in [5.74, 6) is -0.153. The zero-order valence-corrected chi connectivity index (χ0v) is 15.2. The maximum absolute atomic E-state index is 12.3. The van der Waals surface area contributed by atoms with Crippen molar-refractivity contribution in [3.63, 3.8) is 0 Å². The SMILES string of the molecule is Cc1nn(-c2ccc(C(=O)O)cc2)c2c1[C@H](c1cccnc1)SCC(=O)N2. The van der Waals surface area contributed by atoms with Gasteiger partial charge in [0, 0.05) is 18.0 Å². The summed E-state index contributed by atoms with van der Waals surface area (Å²) in [6.45, 7) is 1.91. The Balaban J connectivity index is 1.85. The highest BCUT2D eigenvalue weighted by molar-refractivity contribution is 8.00. The van der Waals surface area contributed by atoms with Crippen LogP contribution in [0.2, 0.25) is 0 Å². The van der Waals surface area contributed by atoms with E-state index in [0.29, 0.717) is 17.3 Å². The molecule has 0 unspecified atom stereocenters. The molecule has 2 aromatic heterocycles. The molecular formula is C19H16N4O3S. The van der Waals surface area contributed by atoms with E-state index in [-0.39, 0.29) is 16.7 Å². The minimum Gasteiger partial charge on any atom is -0.478 e. The Morgan fingerprint density at radius 1 is 1.30 bits per heavy atom. The van der Waals surface area contributed by atoms with E-state index in [4.69, 9.17) is 5.11 Å². The van der Waals surface area contributed by atoms with Crippen LogP contribution in [0.5, 0.6) is 0 Å². The molecule has 136 valence electrons. The van der Waals surface area contributed by atoms with E-state index < -0.39 is 5.97 Å². The van der Waals surface area contributed by atoms with Crippen LogP contribution in [0, 0.1) is 6.92 Å². The highest BCUT2D eigenvalue weighted by Crippen LogP contribution is 2.43. The zero-order chi connectivity index (χ0) is 19.0. The van der Waals surface area contributed by atoms with Crippen molar-refractivity contribution in [3.8, 4) is 5.69 Å². The van der Waals surface area contributed by atoms with Crippen LogP contribution in [0.25, 0.3) is 5.69 Å². The number of amides is 1. The van der Waals surface area contributed by atoms with Crippen molar-refractivity contribution in [2.45, 2.75) is 12.2 Å². The van der Waals surface area contributed by atoms with E-state index in [1.807, 2.05) is 19.1 Å². The molecule has 0 radical (unpaired) electrons. The fourth-order valence-electron chi connectivity index (χ4n) is 3.11. The number of carboxylic acids is 1. The molecular weight excluding hydrogens is 364 g/mol. The lowest BCUT2D eigenvalue weighted by Crippen LogP contribution is -2.15. The second-order valence-electron chi connectivity index (χ2n) is 6.14. The van der Waals surface area contributed by atoms with Gasteiger partial charge in [-0.25, -0.2) is 9.48 Å². The van der Waals surface area contributed by atoms with E-state index in [9.17, 15) is 9.59 Å². The van der Waals surface area contributed by atoms with Crippen molar-refractivity contribution < 1.29 is 14.7 Å². The first kappa shape index (κ1) is 17.3. The molecule has 0 fully saturated rings. The average molecular weight is 380 g/mol. The van der Waals surface area contributed by atoms with Crippen LogP contribution < -0.4 is 5.32 Å². The molecule has 27 heavy (non-hydrogen) atoms. The molecule has 3 heterocycles. The highest BCUT2D eigenvalue weighted by atomic mass is 32.2. The van der Waals surface area contributed by atoms with Gasteiger partial charge in [-0.3, -0.25) is 9.78 Å². The summed E-state index contributed by atoms with van der Waals surface area (Å²) in [4.78, 5) is 27.6. The van der Waals surface area contributed by atoms with E-state index >= 15 is 0 Å². The number of fused-ring (bicyclic) bond motifs is 1. The van der Waals surface area contributed by atoms with Crippen LogP contribution in [0.1, 0.15) is 32.4 Å². The number of carbonyl (C=O) groups is 2. The molecule has 0 saturated heterocycles. The summed E-state index contributed by atoms with van der Waals surface area (Å²) in [5.41, 5.74) is 3.61. The largest absolute Gasteiger partial charge is 0.478 e. The molecule has 7 nitrogen and oxygen atoms in total. The van der Waals surface area contributed by atoms with Gasteiger partial charge in [0.05, 0.1) is 27.9 Å². The number of benzene rings is 1. The fourth-order valence-corrected chi connectivity index (χ4v) is 4.28. The van der Waals surface area contributed by atoms with Crippen LogP contribution in [-0.4, -0.2) is 37.5 Å². The topological polar surface area (TPSA) is 97.1 Å². The number of hydrogen-bond donors (Lipinski definition) is 2. The molecule has 1 aliphatic heterocycles. The van der Waals surface area contributed by atoms with Gasteiger partial charge >= 0.3 is 5.97 Å². The van der Waals surface area contributed by atoms with Crippen LogP contribution in [0.15, 0.2) is 48.8 Å². The Morgan fingerprint density at radius 3 is 2.74 bits per heavy atom. The number of aromatic carboxylic acids is 1. The summed E-state index contributed by atoms with van der Waals surface area (Å²) >= 11 is 1.53. The van der Waals surface area contributed by atoms with Gasteiger partial charge in [-0.05, 0) is 42.8 Å². The van der Waals surface area contributed by atoms with E-state index in [0.717, 1.165) is 16.8 Å². The Labute approximate surface area is 159 Å². The van der Waals surface area contributed by atoms with Gasteiger partial charge in [-0.15, -0.1) is 11.8 Å². The van der Waals surface area contributed by atoms with Gasteiger partial charge in [0.2, 0.25) is 5.91 Å². The first-order valence-electron chi connectivity index (χ1n) is 8.29. The van der Waals surface area contributed by atoms with Crippen molar-refractivity contribution in [1.29, 1.82) is 0 Å². The van der Waals surface area contributed by atoms with Crippen LogP contribution in [0.4, 0.5) is 5.82 Å². The number of hydrogen-bond acceptors (Lipinski definition) is 5. The van der Waals surface area contributed by atoms with E-state index in [2.05, 4.69) is 15.4 Å². The molecule has 2 N–H and O–H groups in total. The second kappa shape index (κ2) is 6.88. The molecule has 8 heteroatoms. The van der Waals surface area contributed by atoms with Crippen LogP contribution >= 0.6 is 11.8 Å². The number of anilines is 1. The number of aromatic nitrogens is 3. The van der Waals surface area contributed by atoms with Gasteiger partial charge in [-0.1, -0.05) is 6.07 Å². The molecule has 4 rings (SSSR count). The molecule has 1 aromatic carbocycles. The monoisotopic (exact) mass is 380 g/mol. The molecule has 0 saturated carbocycles. The molecule has 0 bridgehead atoms. The first-order chi connectivity index (χ1) is 13.0. The predicted octanol–water partition coefficient (Wildman–Crippen LogP) is 3.05.